The Morgan fingerprint density at radius 2 is 2.29 bits per heavy atom. The van der Waals surface area contributed by atoms with Crippen LogP contribution in [-0.2, 0) is 4.74 Å². The highest BCUT2D eigenvalue weighted by Gasteiger charge is 2.09. The first-order valence-electron chi connectivity index (χ1n) is 4.37. The highest BCUT2D eigenvalue weighted by molar-refractivity contribution is 5.91. The summed E-state index contributed by atoms with van der Waals surface area (Å²) in [5.74, 6) is -0.338. The van der Waals surface area contributed by atoms with Gasteiger partial charge >= 0.3 is 5.97 Å². The van der Waals surface area contributed by atoms with Gasteiger partial charge in [-0.05, 0) is 37.6 Å². The van der Waals surface area contributed by atoms with E-state index in [0.29, 0.717) is 17.7 Å². The highest BCUT2D eigenvalue weighted by Crippen LogP contribution is 2.11. The third-order valence-corrected chi connectivity index (χ3v) is 1.85. The molecule has 3 heteroatoms. The van der Waals surface area contributed by atoms with Crippen LogP contribution in [-0.4, -0.2) is 12.6 Å². The second kappa shape index (κ2) is 4.43. The summed E-state index contributed by atoms with van der Waals surface area (Å²) in [6.45, 7) is 3.91. The number of carbonyl (C=O) groups is 1. The molecule has 0 saturated carbocycles. The minimum absolute atomic E-state index is 0.338. The van der Waals surface area contributed by atoms with Crippen LogP contribution in [0.1, 0.15) is 28.4 Å². The van der Waals surface area contributed by atoms with Crippen LogP contribution in [0.25, 0.3) is 0 Å². The number of esters is 1. The molecule has 0 heterocycles. The molecule has 1 aromatic carbocycles. The maximum absolute atomic E-state index is 11.4. The number of nitrogens with zero attached hydrogens (tertiary/aromatic N) is 1. The van der Waals surface area contributed by atoms with Gasteiger partial charge in [-0.3, -0.25) is 0 Å². The van der Waals surface area contributed by atoms with E-state index in [4.69, 9.17) is 10.00 Å². The van der Waals surface area contributed by atoms with Gasteiger partial charge in [0, 0.05) is 0 Å². The first-order chi connectivity index (χ1) is 6.69. The van der Waals surface area contributed by atoms with E-state index in [-0.39, 0.29) is 5.97 Å². The van der Waals surface area contributed by atoms with Crippen molar-refractivity contribution in [2.45, 2.75) is 13.8 Å². The smallest absolute Gasteiger partial charge is 0.338 e. The Morgan fingerprint density at radius 3 is 2.79 bits per heavy atom. The summed E-state index contributed by atoms with van der Waals surface area (Å²) in [4.78, 5) is 11.4. The van der Waals surface area contributed by atoms with Crippen molar-refractivity contribution >= 4 is 5.97 Å². The third kappa shape index (κ3) is 2.11. The van der Waals surface area contributed by atoms with E-state index in [1.54, 1.807) is 32.0 Å². The quantitative estimate of drug-likeness (QED) is 0.669. The zero-order valence-electron chi connectivity index (χ0n) is 8.20. The number of ether oxygens (including phenoxy) is 1. The topological polar surface area (TPSA) is 50.1 Å². The molecule has 0 atom stereocenters. The number of aryl methyl sites for hydroxylation is 1. The molecule has 0 aliphatic rings. The van der Waals surface area contributed by atoms with E-state index in [1.165, 1.54) is 0 Å². The van der Waals surface area contributed by atoms with Gasteiger partial charge in [-0.15, -0.1) is 0 Å². The van der Waals surface area contributed by atoms with Crippen LogP contribution in [0.5, 0.6) is 0 Å². The van der Waals surface area contributed by atoms with Crippen LogP contribution >= 0.6 is 0 Å². The number of hydrogen-bond donors (Lipinski definition) is 0. The fourth-order valence-electron chi connectivity index (χ4n) is 1.17. The van der Waals surface area contributed by atoms with Crippen molar-refractivity contribution in [1.29, 1.82) is 5.26 Å². The van der Waals surface area contributed by atoms with Gasteiger partial charge in [0.25, 0.3) is 0 Å². The van der Waals surface area contributed by atoms with Crippen molar-refractivity contribution in [3.05, 3.63) is 34.9 Å². The summed E-state index contributed by atoms with van der Waals surface area (Å²) >= 11 is 0. The molecular formula is C11H11NO2. The van der Waals surface area contributed by atoms with E-state index < -0.39 is 0 Å². The van der Waals surface area contributed by atoms with Crippen molar-refractivity contribution in [3.63, 3.8) is 0 Å². The van der Waals surface area contributed by atoms with Gasteiger partial charge in [-0.2, -0.15) is 5.26 Å². The summed E-state index contributed by atoms with van der Waals surface area (Å²) in [5.41, 5.74) is 1.84. The first-order valence-corrected chi connectivity index (χ1v) is 4.37. The fraction of sp³-hybridized carbons (Fsp3) is 0.273. The van der Waals surface area contributed by atoms with Crippen molar-refractivity contribution in [2.24, 2.45) is 0 Å². The van der Waals surface area contributed by atoms with Crippen LogP contribution in [0.4, 0.5) is 0 Å². The lowest BCUT2D eigenvalue weighted by Gasteiger charge is -2.04. The Morgan fingerprint density at radius 1 is 1.57 bits per heavy atom. The summed E-state index contributed by atoms with van der Waals surface area (Å²) in [5, 5.41) is 8.63. The molecule has 0 spiro atoms. The van der Waals surface area contributed by atoms with Gasteiger partial charge in [-0.25, -0.2) is 4.79 Å². The van der Waals surface area contributed by atoms with E-state index >= 15 is 0 Å². The van der Waals surface area contributed by atoms with Gasteiger partial charge in [-0.1, -0.05) is 0 Å². The molecule has 14 heavy (non-hydrogen) atoms. The Bertz CT molecular complexity index is 391. The Hall–Kier alpha value is -1.82. The Balaban J connectivity index is 3.01. The summed E-state index contributed by atoms with van der Waals surface area (Å²) in [7, 11) is 0. The molecule has 0 aromatic heterocycles. The van der Waals surface area contributed by atoms with Gasteiger partial charge in [0.15, 0.2) is 0 Å². The second-order valence-electron chi connectivity index (χ2n) is 2.86. The number of hydrogen-bond acceptors (Lipinski definition) is 3. The lowest BCUT2D eigenvalue weighted by molar-refractivity contribution is 0.0525. The molecule has 0 bridgehead atoms. The van der Waals surface area contributed by atoms with Gasteiger partial charge in [0.1, 0.15) is 0 Å². The molecule has 0 N–H and O–H groups in total. The van der Waals surface area contributed by atoms with Crippen molar-refractivity contribution < 1.29 is 9.53 Å². The monoisotopic (exact) mass is 189 g/mol. The molecule has 3 nitrogen and oxygen atoms in total. The van der Waals surface area contributed by atoms with Crippen LogP contribution in [0.3, 0.4) is 0 Å². The SMILES string of the molecule is CCOC(=O)c1ccc(C#N)cc1C. The number of nitriles is 1. The van der Waals surface area contributed by atoms with Crippen LogP contribution < -0.4 is 0 Å². The Labute approximate surface area is 82.9 Å². The zero-order chi connectivity index (χ0) is 10.6. The minimum Gasteiger partial charge on any atom is -0.462 e. The summed E-state index contributed by atoms with van der Waals surface area (Å²) in [6, 6.07) is 6.91. The molecule has 0 fully saturated rings. The largest absolute Gasteiger partial charge is 0.462 e. The predicted octanol–water partition coefficient (Wildman–Crippen LogP) is 2.04. The molecule has 1 rings (SSSR count). The molecule has 0 radical (unpaired) electrons. The average Bonchev–Trinajstić information content (AvgIpc) is 2.17. The first kappa shape index (κ1) is 10.3. The van der Waals surface area contributed by atoms with Crippen LogP contribution in [0.2, 0.25) is 0 Å². The number of rotatable bonds is 2. The molecule has 0 aliphatic heterocycles. The highest BCUT2D eigenvalue weighted by atomic mass is 16.5. The maximum Gasteiger partial charge on any atom is 0.338 e. The normalized spacial score (nSPS) is 9.21. The van der Waals surface area contributed by atoms with Gasteiger partial charge < -0.3 is 4.74 Å². The standard InChI is InChI=1S/C11H11NO2/c1-3-14-11(13)10-5-4-9(7-12)6-8(10)2/h4-6H,3H2,1-2H3. The van der Waals surface area contributed by atoms with E-state index in [0.717, 1.165) is 5.56 Å². The lowest BCUT2D eigenvalue weighted by atomic mass is 10.1. The second-order valence-corrected chi connectivity index (χ2v) is 2.86. The molecular weight excluding hydrogens is 178 g/mol. The molecule has 0 aliphatic carbocycles. The lowest BCUT2D eigenvalue weighted by Crippen LogP contribution is -2.06. The van der Waals surface area contributed by atoms with Crippen LogP contribution in [0.15, 0.2) is 18.2 Å². The molecule has 72 valence electrons. The van der Waals surface area contributed by atoms with Gasteiger partial charge in [0.05, 0.1) is 23.8 Å². The predicted molar refractivity (Wildman–Crippen MR) is 51.9 cm³/mol. The van der Waals surface area contributed by atoms with E-state index in [9.17, 15) is 4.79 Å². The molecule has 0 unspecified atom stereocenters. The number of carbonyl (C=O) groups excluding carboxylic acids is 1. The van der Waals surface area contributed by atoms with Crippen molar-refractivity contribution in [2.75, 3.05) is 6.61 Å². The maximum atomic E-state index is 11.4. The van der Waals surface area contributed by atoms with Crippen LogP contribution in [0, 0.1) is 18.3 Å². The van der Waals surface area contributed by atoms with Gasteiger partial charge in [0.2, 0.25) is 0 Å². The molecule has 0 saturated heterocycles. The fourth-order valence-corrected chi connectivity index (χ4v) is 1.17. The van der Waals surface area contributed by atoms with Crippen molar-refractivity contribution in [3.8, 4) is 6.07 Å². The zero-order valence-corrected chi connectivity index (χ0v) is 8.20. The molecule has 1 aromatic rings. The number of benzene rings is 1. The van der Waals surface area contributed by atoms with E-state index in [1.807, 2.05) is 6.07 Å². The molecule has 0 amide bonds. The third-order valence-electron chi connectivity index (χ3n) is 1.85. The Kier molecular flexibility index (Phi) is 3.24. The minimum atomic E-state index is -0.338. The summed E-state index contributed by atoms with van der Waals surface area (Å²) in [6.07, 6.45) is 0. The average molecular weight is 189 g/mol. The van der Waals surface area contributed by atoms with E-state index in [2.05, 4.69) is 0 Å². The van der Waals surface area contributed by atoms with Crippen molar-refractivity contribution in [1.82, 2.24) is 0 Å². The summed E-state index contributed by atoms with van der Waals surface area (Å²) < 4.78 is 4.86.